The largest absolute Gasteiger partial charge is 0.337 e. The van der Waals surface area contributed by atoms with Gasteiger partial charge in [-0.15, -0.1) is 0 Å². The average molecular weight is 422 g/mol. The SMILES string of the molecule is CC(C)(C)NS(=O)(=O)c1cccc(NC(=O)c2ccc3nc(C(F)F)[nH]c3c2)c1. The summed E-state index contributed by atoms with van der Waals surface area (Å²) in [5, 5.41) is 2.61. The molecule has 0 atom stereocenters. The molecule has 29 heavy (non-hydrogen) atoms. The summed E-state index contributed by atoms with van der Waals surface area (Å²) < 4.78 is 53.0. The number of alkyl halides is 2. The van der Waals surface area contributed by atoms with Gasteiger partial charge in [0.2, 0.25) is 10.0 Å². The van der Waals surface area contributed by atoms with Crippen LogP contribution in [0, 0.1) is 0 Å². The minimum Gasteiger partial charge on any atom is -0.337 e. The van der Waals surface area contributed by atoms with Gasteiger partial charge in [-0.1, -0.05) is 6.07 Å². The van der Waals surface area contributed by atoms with Gasteiger partial charge in [-0.2, -0.15) is 0 Å². The molecule has 0 unspecified atom stereocenters. The van der Waals surface area contributed by atoms with E-state index in [2.05, 4.69) is 20.0 Å². The molecule has 1 amide bonds. The molecule has 0 aliphatic carbocycles. The van der Waals surface area contributed by atoms with Crippen molar-refractivity contribution in [3.8, 4) is 0 Å². The van der Waals surface area contributed by atoms with E-state index in [-0.39, 0.29) is 16.1 Å². The number of rotatable bonds is 5. The molecule has 3 rings (SSSR count). The lowest BCUT2D eigenvalue weighted by Gasteiger charge is -2.20. The Labute approximate surface area is 166 Å². The lowest BCUT2D eigenvalue weighted by atomic mass is 10.1. The Morgan fingerprint density at radius 3 is 2.52 bits per heavy atom. The number of sulfonamides is 1. The van der Waals surface area contributed by atoms with Crippen LogP contribution in [-0.2, 0) is 10.0 Å². The summed E-state index contributed by atoms with van der Waals surface area (Å²) in [4.78, 5) is 18.8. The van der Waals surface area contributed by atoms with Crippen molar-refractivity contribution >= 4 is 32.7 Å². The van der Waals surface area contributed by atoms with Crippen LogP contribution >= 0.6 is 0 Å². The van der Waals surface area contributed by atoms with Gasteiger partial charge in [0.1, 0.15) is 0 Å². The second kappa shape index (κ2) is 7.53. The van der Waals surface area contributed by atoms with Crippen molar-refractivity contribution in [2.45, 2.75) is 37.6 Å². The van der Waals surface area contributed by atoms with E-state index in [1.54, 1.807) is 26.8 Å². The molecule has 154 valence electrons. The highest BCUT2D eigenvalue weighted by atomic mass is 32.2. The predicted molar refractivity (Wildman–Crippen MR) is 106 cm³/mol. The highest BCUT2D eigenvalue weighted by molar-refractivity contribution is 7.89. The fourth-order valence-corrected chi connectivity index (χ4v) is 4.14. The normalized spacial score (nSPS) is 12.5. The molecule has 0 saturated carbocycles. The number of fused-ring (bicyclic) bond motifs is 1. The third-order valence-corrected chi connectivity index (χ3v) is 5.57. The number of hydrogen-bond acceptors (Lipinski definition) is 4. The molecular weight excluding hydrogens is 402 g/mol. The molecule has 1 aromatic heterocycles. The molecule has 3 aromatic rings. The summed E-state index contributed by atoms with van der Waals surface area (Å²) in [7, 11) is -3.76. The Hall–Kier alpha value is -2.85. The Kier molecular flexibility index (Phi) is 5.42. The number of nitrogens with one attached hydrogen (secondary N) is 3. The van der Waals surface area contributed by atoms with E-state index < -0.39 is 33.7 Å². The Morgan fingerprint density at radius 2 is 1.86 bits per heavy atom. The lowest BCUT2D eigenvalue weighted by Crippen LogP contribution is -2.40. The molecular formula is C19H20F2N4O3S. The first-order chi connectivity index (χ1) is 13.4. The minimum absolute atomic E-state index is 0.0100. The number of hydrogen-bond donors (Lipinski definition) is 3. The van der Waals surface area contributed by atoms with E-state index in [0.717, 1.165) is 0 Å². The maximum absolute atomic E-state index is 12.8. The smallest absolute Gasteiger partial charge is 0.295 e. The molecule has 10 heteroatoms. The predicted octanol–water partition coefficient (Wildman–Crippen LogP) is 3.83. The van der Waals surface area contributed by atoms with Gasteiger partial charge in [0.25, 0.3) is 12.3 Å². The maximum atomic E-state index is 12.8. The summed E-state index contributed by atoms with van der Waals surface area (Å²) in [5.74, 6) is -0.986. The second-order valence-electron chi connectivity index (χ2n) is 7.49. The number of nitrogens with zero attached hydrogens (tertiary/aromatic N) is 1. The van der Waals surface area contributed by atoms with Gasteiger partial charge < -0.3 is 10.3 Å². The van der Waals surface area contributed by atoms with Gasteiger partial charge in [-0.05, 0) is 57.2 Å². The summed E-state index contributed by atoms with van der Waals surface area (Å²) in [6.45, 7) is 5.17. The van der Waals surface area contributed by atoms with Gasteiger partial charge in [-0.25, -0.2) is 26.9 Å². The molecule has 0 aliphatic heterocycles. The van der Waals surface area contributed by atoms with Crippen molar-refractivity contribution in [3.05, 3.63) is 53.9 Å². The number of aromatic amines is 1. The van der Waals surface area contributed by atoms with E-state index in [1.165, 1.54) is 36.4 Å². The van der Waals surface area contributed by atoms with Gasteiger partial charge in [-0.3, -0.25) is 4.79 Å². The number of amides is 1. The van der Waals surface area contributed by atoms with Gasteiger partial charge >= 0.3 is 0 Å². The molecule has 0 spiro atoms. The second-order valence-corrected chi connectivity index (χ2v) is 9.17. The van der Waals surface area contributed by atoms with Crippen LogP contribution < -0.4 is 10.0 Å². The van der Waals surface area contributed by atoms with E-state index in [1.807, 2.05) is 0 Å². The van der Waals surface area contributed by atoms with Gasteiger partial charge in [0.05, 0.1) is 15.9 Å². The fraction of sp³-hybridized carbons (Fsp3) is 0.263. The summed E-state index contributed by atoms with van der Waals surface area (Å²) >= 11 is 0. The third kappa shape index (κ3) is 4.96. The highest BCUT2D eigenvalue weighted by Crippen LogP contribution is 2.22. The number of aromatic nitrogens is 2. The van der Waals surface area contributed by atoms with Crippen molar-refractivity contribution in [2.24, 2.45) is 0 Å². The minimum atomic E-state index is -3.76. The topological polar surface area (TPSA) is 104 Å². The van der Waals surface area contributed by atoms with Crippen LogP contribution in [-0.4, -0.2) is 29.8 Å². The van der Waals surface area contributed by atoms with Crippen LogP contribution in [0.3, 0.4) is 0 Å². The first-order valence-electron chi connectivity index (χ1n) is 8.68. The molecule has 0 aliphatic rings. The van der Waals surface area contributed by atoms with Crippen LogP contribution in [0.4, 0.5) is 14.5 Å². The Morgan fingerprint density at radius 1 is 1.14 bits per heavy atom. The monoisotopic (exact) mass is 422 g/mol. The fourth-order valence-electron chi connectivity index (χ4n) is 2.68. The Balaban J connectivity index is 1.83. The van der Waals surface area contributed by atoms with Crippen molar-refractivity contribution in [1.29, 1.82) is 0 Å². The zero-order valence-corrected chi connectivity index (χ0v) is 16.8. The quantitative estimate of drug-likeness (QED) is 0.581. The van der Waals surface area contributed by atoms with Crippen LogP contribution in [0.15, 0.2) is 47.4 Å². The van der Waals surface area contributed by atoms with Crippen LogP contribution in [0.1, 0.15) is 43.4 Å². The molecule has 3 N–H and O–H groups in total. The standard InChI is InChI=1S/C19H20F2N4O3S/c1-19(2,3)25-29(27,28)13-6-4-5-12(10-13)22-18(26)11-7-8-14-15(9-11)24-17(23-14)16(20)21/h4-10,16,25H,1-3H3,(H,22,26)(H,23,24). The van der Waals surface area contributed by atoms with Crippen LogP contribution in [0.2, 0.25) is 0 Å². The number of imidazole rings is 1. The van der Waals surface area contributed by atoms with Crippen molar-refractivity contribution in [1.82, 2.24) is 14.7 Å². The van der Waals surface area contributed by atoms with Gasteiger partial charge in [0.15, 0.2) is 5.82 Å². The van der Waals surface area contributed by atoms with Crippen molar-refractivity contribution in [2.75, 3.05) is 5.32 Å². The molecule has 1 heterocycles. The summed E-state index contributed by atoms with van der Waals surface area (Å²) in [6, 6.07) is 10.2. The van der Waals surface area contributed by atoms with E-state index >= 15 is 0 Å². The number of carbonyl (C=O) groups is 1. The zero-order valence-electron chi connectivity index (χ0n) is 16.0. The first kappa shape index (κ1) is 20.9. The lowest BCUT2D eigenvalue weighted by molar-refractivity contribution is 0.102. The van der Waals surface area contributed by atoms with Crippen molar-refractivity contribution in [3.63, 3.8) is 0 Å². The summed E-state index contributed by atoms with van der Waals surface area (Å²) in [6.07, 6.45) is -2.74. The van der Waals surface area contributed by atoms with Crippen LogP contribution in [0.5, 0.6) is 0 Å². The van der Waals surface area contributed by atoms with Crippen molar-refractivity contribution < 1.29 is 22.0 Å². The molecule has 0 radical (unpaired) electrons. The number of anilines is 1. The van der Waals surface area contributed by atoms with Gasteiger partial charge in [0, 0.05) is 16.8 Å². The maximum Gasteiger partial charge on any atom is 0.295 e. The number of carbonyl (C=O) groups excluding carboxylic acids is 1. The van der Waals surface area contributed by atoms with E-state index in [4.69, 9.17) is 0 Å². The van der Waals surface area contributed by atoms with E-state index in [0.29, 0.717) is 11.0 Å². The number of H-pyrrole nitrogens is 1. The zero-order chi connectivity index (χ0) is 21.4. The molecule has 0 saturated heterocycles. The number of halogens is 2. The van der Waals surface area contributed by atoms with Crippen LogP contribution in [0.25, 0.3) is 11.0 Å². The number of benzene rings is 2. The molecule has 7 nitrogen and oxygen atoms in total. The Bertz CT molecular complexity index is 1170. The first-order valence-corrected chi connectivity index (χ1v) is 10.2. The molecule has 0 bridgehead atoms. The summed E-state index contributed by atoms with van der Waals surface area (Å²) in [5.41, 5.74) is 0.457. The molecule has 2 aromatic carbocycles. The third-order valence-electron chi connectivity index (χ3n) is 3.81. The highest BCUT2D eigenvalue weighted by Gasteiger charge is 2.22. The average Bonchev–Trinajstić information content (AvgIpc) is 3.03. The van der Waals surface area contributed by atoms with E-state index in [9.17, 15) is 22.0 Å². The molecule has 0 fully saturated rings.